The lowest BCUT2D eigenvalue weighted by Gasteiger charge is -2.09. The van der Waals surface area contributed by atoms with Gasteiger partial charge in [0.15, 0.2) is 0 Å². The van der Waals surface area contributed by atoms with Gasteiger partial charge >= 0.3 is 0 Å². The van der Waals surface area contributed by atoms with Gasteiger partial charge in [-0.2, -0.15) is 0 Å². The molecule has 1 fully saturated rings. The number of hydrogen-bond acceptors (Lipinski definition) is 3. The first-order chi connectivity index (χ1) is 7.20. The van der Waals surface area contributed by atoms with Crippen molar-refractivity contribution in [3.8, 4) is 5.75 Å². The fraction of sp³-hybridized carbons (Fsp3) is 0.500. The molecule has 1 aromatic rings. The highest BCUT2D eigenvalue weighted by Gasteiger charge is 2.39. The Hall–Kier alpha value is -1.06. The standard InChI is InChI=1S/C12H16O3/c1-8(2)14-10-5-3-9(4-6-10)12-11(7-13)15-12/h3-6,8,11-13H,7H2,1-2H3. The van der Waals surface area contributed by atoms with Crippen LogP contribution in [0.15, 0.2) is 24.3 Å². The second-order valence-corrected chi connectivity index (χ2v) is 4.01. The quantitative estimate of drug-likeness (QED) is 0.768. The topological polar surface area (TPSA) is 42.0 Å². The van der Waals surface area contributed by atoms with Crippen LogP contribution in [0.25, 0.3) is 0 Å². The Kier molecular flexibility index (Phi) is 2.93. The molecule has 1 aliphatic heterocycles. The highest BCUT2D eigenvalue weighted by atomic mass is 16.6. The normalized spacial score (nSPS) is 24.3. The van der Waals surface area contributed by atoms with Gasteiger partial charge in [0.25, 0.3) is 0 Å². The Morgan fingerprint density at radius 3 is 2.47 bits per heavy atom. The molecule has 0 aromatic heterocycles. The van der Waals surface area contributed by atoms with Gasteiger partial charge in [0.05, 0.1) is 12.7 Å². The van der Waals surface area contributed by atoms with Gasteiger partial charge in [-0.05, 0) is 31.5 Å². The third-order valence-electron chi connectivity index (χ3n) is 2.34. The monoisotopic (exact) mass is 208 g/mol. The second kappa shape index (κ2) is 4.21. The lowest BCUT2D eigenvalue weighted by atomic mass is 10.1. The van der Waals surface area contributed by atoms with Crippen molar-refractivity contribution in [1.82, 2.24) is 0 Å². The van der Waals surface area contributed by atoms with E-state index in [9.17, 15) is 0 Å². The number of aliphatic hydroxyl groups excluding tert-OH is 1. The van der Waals surface area contributed by atoms with Gasteiger partial charge in [-0.1, -0.05) is 12.1 Å². The zero-order valence-corrected chi connectivity index (χ0v) is 9.01. The van der Waals surface area contributed by atoms with Crippen molar-refractivity contribution in [3.63, 3.8) is 0 Å². The smallest absolute Gasteiger partial charge is 0.119 e. The second-order valence-electron chi connectivity index (χ2n) is 4.01. The van der Waals surface area contributed by atoms with Crippen LogP contribution in [0.1, 0.15) is 25.5 Å². The zero-order valence-electron chi connectivity index (χ0n) is 9.01. The van der Waals surface area contributed by atoms with Gasteiger partial charge in [0, 0.05) is 0 Å². The molecule has 0 spiro atoms. The molecule has 1 aliphatic rings. The van der Waals surface area contributed by atoms with Crippen LogP contribution in [-0.2, 0) is 4.74 Å². The number of epoxide rings is 1. The first-order valence-corrected chi connectivity index (χ1v) is 5.23. The van der Waals surface area contributed by atoms with E-state index in [-0.39, 0.29) is 24.9 Å². The van der Waals surface area contributed by atoms with Gasteiger partial charge in [-0.3, -0.25) is 0 Å². The summed E-state index contributed by atoms with van der Waals surface area (Å²) in [5, 5.41) is 8.86. The Bertz CT molecular complexity index is 318. The summed E-state index contributed by atoms with van der Waals surface area (Å²) in [7, 11) is 0. The summed E-state index contributed by atoms with van der Waals surface area (Å²) in [6.07, 6.45) is 0.253. The fourth-order valence-corrected chi connectivity index (χ4v) is 1.58. The van der Waals surface area contributed by atoms with Crippen molar-refractivity contribution in [2.45, 2.75) is 32.2 Å². The molecule has 1 saturated heterocycles. The average molecular weight is 208 g/mol. The summed E-state index contributed by atoms with van der Waals surface area (Å²) in [5.41, 5.74) is 1.10. The third-order valence-corrected chi connectivity index (χ3v) is 2.34. The van der Waals surface area contributed by atoms with Crippen LogP contribution in [0.2, 0.25) is 0 Å². The molecule has 3 heteroatoms. The molecule has 15 heavy (non-hydrogen) atoms. The van der Waals surface area contributed by atoms with E-state index in [1.807, 2.05) is 38.1 Å². The Morgan fingerprint density at radius 2 is 2.00 bits per heavy atom. The molecule has 0 bridgehead atoms. The molecular weight excluding hydrogens is 192 g/mol. The minimum atomic E-state index is -0.0122. The van der Waals surface area contributed by atoms with Crippen molar-refractivity contribution >= 4 is 0 Å². The van der Waals surface area contributed by atoms with Gasteiger partial charge in [0.2, 0.25) is 0 Å². The molecule has 1 N–H and O–H groups in total. The fourth-order valence-electron chi connectivity index (χ4n) is 1.58. The number of hydrogen-bond donors (Lipinski definition) is 1. The lowest BCUT2D eigenvalue weighted by Crippen LogP contribution is -2.05. The number of aliphatic hydroxyl groups is 1. The Balaban J connectivity index is 1.99. The zero-order chi connectivity index (χ0) is 10.8. The number of ether oxygens (including phenoxy) is 2. The average Bonchev–Trinajstić information content (AvgIpc) is 2.97. The predicted molar refractivity (Wildman–Crippen MR) is 56.9 cm³/mol. The van der Waals surface area contributed by atoms with E-state index in [1.165, 1.54) is 0 Å². The molecule has 0 saturated carbocycles. The summed E-state index contributed by atoms with van der Waals surface area (Å²) in [5.74, 6) is 0.870. The van der Waals surface area contributed by atoms with Gasteiger partial charge in [0.1, 0.15) is 18.0 Å². The van der Waals surface area contributed by atoms with Crippen LogP contribution >= 0.6 is 0 Å². The van der Waals surface area contributed by atoms with Gasteiger partial charge in [-0.25, -0.2) is 0 Å². The molecule has 0 amide bonds. The van der Waals surface area contributed by atoms with E-state index in [0.717, 1.165) is 11.3 Å². The lowest BCUT2D eigenvalue weighted by molar-refractivity contribution is 0.241. The first-order valence-electron chi connectivity index (χ1n) is 5.23. The highest BCUT2D eigenvalue weighted by Crippen LogP contribution is 2.38. The van der Waals surface area contributed by atoms with Crippen molar-refractivity contribution in [2.24, 2.45) is 0 Å². The van der Waals surface area contributed by atoms with E-state index in [0.29, 0.717) is 0 Å². The molecule has 0 radical (unpaired) electrons. The van der Waals surface area contributed by atoms with E-state index >= 15 is 0 Å². The van der Waals surface area contributed by atoms with Crippen LogP contribution in [0, 0.1) is 0 Å². The molecule has 2 unspecified atom stereocenters. The summed E-state index contributed by atoms with van der Waals surface area (Å²) >= 11 is 0. The molecule has 82 valence electrons. The van der Waals surface area contributed by atoms with E-state index < -0.39 is 0 Å². The van der Waals surface area contributed by atoms with Crippen LogP contribution < -0.4 is 4.74 Å². The molecular formula is C12H16O3. The summed E-state index contributed by atoms with van der Waals surface area (Å²) < 4.78 is 10.8. The molecule has 1 heterocycles. The van der Waals surface area contributed by atoms with Crippen LogP contribution in [0.3, 0.4) is 0 Å². The number of rotatable bonds is 4. The Labute approximate surface area is 89.6 Å². The van der Waals surface area contributed by atoms with Crippen molar-refractivity contribution in [2.75, 3.05) is 6.61 Å². The summed E-state index contributed by atoms with van der Waals surface area (Å²) in [4.78, 5) is 0. The molecule has 3 nitrogen and oxygen atoms in total. The molecule has 1 aromatic carbocycles. The molecule has 2 rings (SSSR count). The molecule has 2 atom stereocenters. The first kappa shape index (κ1) is 10.5. The molecule has 0 aliphatic carbocycles. The predicted octanol–water partition coefficient (Wildman–Crippen LogP) is 1.91. The number of benzene rings is 1. The maximum Gasteiger partial charge on any atom is 0.119 e. The summed E-state index contributed by atoms with van der Waals surface area (Å²) in [6, 6.07) is 7.84. The largest absolute Gasteiger partial charge is 0.491 e. The van der Waals surface area contributed by atoms with E-state index in [4.69, 9.17) is 14.6 Å². The van der Waals surface area contributed by atoms with E-state index in [1.54, 1.807) is 0 Å². The SMILES string of the molecule is CC(C)Oc1ccc(C2OC2CO)cc1. The van der Waals surface area contributed by atoms with Crippen LogP contribution in [-0.4, -0.2) is 23.9 Å². The summed E-state index contributed by atoms with van der Waals surface area (Å²) in [6.45, 7) is 4.09. The highest BCUT2D eigenvalue weighted by molar-refractivity contribution is 5.30. The van der Waals surface area contributed by atoms with Crippen molar-refractivity contribution in [3.05, 3.63) is 29.8 Å². The maximum atomic E-state index is 8.86. The van der Waals surface area contributed by atoms with Crippen molar-refractivity contribution < 1.29 is 14.6 Å². The van der Waals surface area contributed by atoms with Gasteiger partial charge in [-0.15, -0.1) is 0 Å². The Morgan fingerprint density at radius 1 is 1.33 bits per heavy atom. The van der Waals surface area contributed by atoms with Gasteiger partial charge < -0.3 is 14.6 Å². The third kappa shape index (κ3) is 2.49. The van der Waals surface area contributed by atoms with Crippen molar-refractivity contribution in [1.29, 1.82) is 0 Å². The minimum Gasteiger partial charge on any atom is -0.491 e. The van der Waals surface area contributed by atoms with E-state index in [2.05, 4.69) is 0 Å². The van der Waals surface area contributed by atoms with Crippen LogP contribution in [0.5, 0.6) is 5.75 Å². The van der Waals surface area contributed by atoms with Crippen LogP contribution in [0.4, 0.5) is 0 Å². The maximum absolute atomic E-state index is 8.86. The minimum absolute atomic E-state index is 0.0122.